The van der Waals surface area contributed by atoms with Gasteiger partial charge >= 0.3 is 0 Å². The molecule has 3 aliphatic carbocycles. The monoisotopic (exact) mass is 961 g/mol. The van der Waals surface area contributed by atoms with Gasteiger partial charge in [-0.3, -0.25) is 4.90 Å². The van der Waals surface area contributed by atoms with Gasteiger partial charge in [0, 0.05) is 125 Å². The number of fused-ring (bicyclic) bond motifs is 15. The maximum atomic E-state index is 3.58. The fourth-order valence-corrected chi connectivity index (χ4v) is 17.7. The van der Waals surface area contributed by atoms with Crippen molar-refractivity contribution in [3.8, 4) is 0 Å². The fraction of sp³-hybridized carbons (Fsp3) is 1.00. The van der Waals surface area contributed by atoms with Gasteiger partial charge < -0.3 is 44.9 Å². The first-order valence-corrected chi connectivity index (χ1v) is 30.6. The average molecular weight is 962 g/mol. The Morgan fingerprint density at radius 2 is 0.609 bits per heavy atom. The van der Waals surface area contributed by atoms with Crippen molar-refractivity contribution in [1.29, 1.82) is 0 Å². The minimum atomic E-state index is 0.814. The van der Waals surface area contributed by atoms with Gasteiger partial charge in [-0.25, -0.2) is 0 Å². The number of piperidine rings is 4. The van der Waals surface area contributed by atoms with Crippen molar-refractivity contribution in [1.82, 2.24) is 49.8 Å². The molecule has 13 heterocycles. The Labute approximate surface area is 426 Å². The van der Waals surface area contributed by atoms with Gasteiger partial charge in [0.05, 0.1) is 0 Å². The highest BCUT2D eigenvalue weighted by Crippen LogP contribution is 2.39. The Morgan fingerprint density at radius 1 is 0.290 bits per heavy atom. The van der Waals surface area contributed by atoms with Crippen LogP contribution in [-0.2, 0) is 0 Å². The summed E-state index contributed by atoms with van der Waals surface area (Å²) >= 11 is 0. The molecule has 3 saturated carbocycles. The largest absolute Gasteiger partial charge is 0.314 e. The summed E-state index contributed by atoms with van der Waals surface area (Å²) in [6.45, 7) is 10.5. The van der Waals surface area contributed by atoms with Gasteiger partial charge in [0.1, 0.15) is 0 Å². The predicted octanol–water partition coefficient (Wildman–Crippen LogP) is 8.16. The molecule has 10 heteroatoms. The van der Waals surface area contributed by atoms with Crippen LogP contribution in [0.3, 0.4) is 0 Å². The molecule has 16 fully saturated rings. The molecule has 0 aromatic carbocycles. The molecular formula is C59H112N10. The third kappa shape index (κ3) is 14.1. The number of likely N-dealkylation sites (tertiary alicyclic amines) is 4. The van der Waals surface area contributed by atoms with E-state index in [1.165, 1.54) is 226 Å². The van der Waals surface area contributed by atoms with Crippen molar-refractivity contribution >= 4 is 0 Å². The number of hydrogen-bond donors (Lipinski definition) is 2. The molecule has 0 spiro atoms. The van der Waals surface area contributed by atoms with Crippen LogP contribution in [0.15, 0.2) is 0 Å². The van der Waals surface area contributed by atoms with Gasteiger partial charge in [-0.15, -0.1) is 0 Å². The van der Waals surface area contributed by atoms with Crippen molar-refractivity contribution in [3.05, 3.63) is 0 Å². The fourth-order valence-electron chi connectivity index (χ4n) is 17.7. The summed E-state index contributed by atoms with van der Waals surface area (Å²) in [6.07, 6.45) is 39.7. The van der Waals surface area contributed by atoms with Crippen LogP contribution in [0.1, 0.15) is 173 Å². The highest BCUT2D eigenvalue weighted by Gasteiger charge is 2.39. The molecule has 16 aliphatic rings. The van der Waals surface area contributed by atoms with Crippen molar-refractivity contribution in [2.45, 2.75) is 246 Å². The third-order valence-electron chi connectivity index (χ3n) is 22.4. The highest BCUT2D eigenvalue weighted by atomic mass is 15.3. The van der Waals surface area contributed by atoms with Crippen LogP contribution in [0.5, 0.6) is 0 Å². The standard InChI is InChI=1S/3C8H15N.2C7H14N2.3C7H13N/c1-9-5-7-3-2-4-8(7)6-9;2*1-9-7-3-2-4-8(9)6-5-7;1-9-4-6-2-3-7(5-9)8-6;1-9-6-2-3-7(9)5-8-4-6;2*1-8-5-6-2-3-7(8)4-6;1-8-6-2-3-7(8)5-4-6/h3*7-8H,2-6H2,1H3;2*6-8H,2-5H2,1H3;3*6-7H,2-5H2,1H3. The lowest BCUT2D eigenvalue weighted by Gasteiger charge is -2.31. The predicted molar refractivity (Wildman–Crippen MR) is 291 cm³/mol. The number of hydrogen-bond acceptors (Lipinski definition) is 10. The van der Waals surface area contributed by atoms with E-state index in [9.17, 15) is 0 Å². The van der Waals surface area contributed by atoms with E-state index in [1.807, 2.05) is 0 Å². The van der Waals surface area contributed by atoms with E-state index in [-0.39, 0.29) is 0 Å². The summed E-state index contributed by atoms with van der Waals surface area (Å²) in [4.78, 5) is 20.2. The molecule has 13 saturated heterocycles. The Kier molecular flexibility index (Phi) is 19.7. The number of likely N-dealkylation sites (N-methyl/N-ethyl adjacent to an activating group) is 2. The second kappa shape index (κ2) is 25.4. The second-order valence-corrected chi connectivity index (χ2v) is 26.9. The molecule has 14 bridgehead atoms. The third-order valence-corrected chi connectivity index (χ3v) is 22.4. The van der Waals surface area contributed by atoms with Crippen molar-refractivity contribution < 1.29 is 0 Å². The minimum Gasteiger partial charge on any atom is -0.314 e. The lowest BCUT2D eigenvalue weighted by molar-refractivity contribution is 0.179. The van der Waals surface area contributed by atoms with Crippen LogP contribution in [0, 0.1) is 23.7 Å². The van der Waals surface area contributed by atoms with E-state index in [1.54, 1.807) is 0 Å². The maximum Gasteiger partial charge on any atom is 0.0221 e. The van der Waals surface area contributed by atoms with Gasteiger partial charge in [-0.1, -0.05) is 19.3 Å². The number of nitrogens with one attached hydrogen (secondary N) is 2. The number of nitrogens with zero attached hydrogens (tertiary/aromatic N) is 8. The SMILES string of the molecule is CN1C2CCC1CC2.CN1C2CCC1CNC2.CN1C2CCCC1CC2.CN1C2CCCC1CC2.CN1CC2CCC(C1)N2.CN1CC2CCC1C2.CN1CC2CCC1C2.CN1CC2CCCC2C1. The molecule has 0 aromatic rings. The maximum absolute atomic E-state index is 3.58. The van der Waals surface area contributed by atoms with Crippen molar-refractivity contribution in [3.63, 3.8) is 0 Å². The molecule has 0 aromatic heterocycles. The Morgan fingerprint density at radius 3 is 0.899 bits per heavy atom. The molecule has 0 amide bonds. The summed E-state index contributed by atoms with van der Waals surface area (Å²) in [5, 5.41) is 7.01. The lowest BCUT2D eigenvalue weighted by Crippen LogP contribution is -2.49. The average Bonchev–Trinajstić information content (AvgIpc) is 4.25. The number of rotatable bonds is 0. The zero-order valence-electron chi connectivity index (χ0n) is 46.6. The van der Waals surface area contributed by atoms with Crippen LogP contribution in [0.2, 0.25) is 0 Å². The van der Waals surface area contributed by atoms with Gasteiger partial charge in [0.15, 0.2) is 0 Å². The molecule has 16 rings (SSSR count). The topological polar surface area (TPSA) is 50.0 Å². The highest BCUT2D eigenvalue weighted by molar-refractivity contribution is 4.96. The Balaban J connectivity index is 0.0000000982. The zero-order valence-corrected chi connectivity index (χ0v) is 46.6. The van der Waals surface area contributed by atoms with Crippen LogP contribution in [0.25, 0.3) is 0 Å². The molecule has 13 aliphatic heterocycles. The van der Waals surface area contributed by atoms with Crippen LogP contribution in [-0.4, -0.2) is 220 Å². The van der Waals surface area contributed by atoms with Crippen molar-refractivity contribution in [2.75, 3.05) is 109 Å². The molecule has 0 radical (unpaired) electrons. The number of piperazine rings is 2. The molecule has 398 valence electrons. The smallest absolute Gasteiger partial charge is 0.0221 e. The van der Waals surface area contributed by atoms with Gasteiger partial charge in [0.25, 0.3) is 0 Å². The minimum absolute atomic E-state index is 0.814. The zero-order chi connectivity index (χ0) is 48.0. The summed E-state index contributed by atoms with van der Waals surface area (Å²) in [5.41, 5.74) is 0. The summed E-state index contributed by atoms with van der Waals surface area (Å²) in [5.74, 6) is 4.31. The van der Waals surface area contributed by atoms with E-state index in [0.717, 1.165) is 96.2 Å². The van der Waals surface area contributed by atoms with Gasteiger partial charge in [-0.05, 0) is 234 Å². The Hall–Kier alpha value is -0.400. The van der Waals surface area contributed by atoms with Crippen LogP contribution < -0.4 is 10.6 Å². The first-order valence-electron chi connectivity index (χ1n) is 30.6. The van der Waals surface area contributed by atoms with Gasteiger partial charge in [-0.2, -0.15) is 0 Å². The quantitative estimate of drug-likeness (QED) is 0.249. The first-order chi connectivity index (χ1) is 33.4. The molecule has 69 heavy (non-hydrogen) atoms. The lowest BCUT2D eigenvalue weighted by atomic mass is 10.0. The molecule has 14 unspecified atom stereocenters. The molecule has 10 nitrogen and oxygen atoms in total. The summed E-state index contributed by atoms with van der Waals surface area (Å²) in [6, 6.07) is 11.1. The second-order valence-electron chi connectivity index (χ2n) is 26.9. The molecular weight excluding hydrogens is 849 g/mol. The Bertz CT molecular complexity index is 1330. The van der Waals surface area contributed by atoms with Gasteiger partial charge in [0.2, 0.25) is 0 Å². The summed E-state index contributed by atoms with van der Waals surface area (Å²) in [7, 11) is 18.1. The molecule has 2 N–H and O–H groups in total. The van der Waals surface area contributed by atoms with E-state index in [2.05, 4.69) is 106 Å². The molecule has 14 atom stereocenters. The van der Waals surface area contributed by atoms with E-state index in [0.29, 0.717) is 0 Å². The van der Waals surface area contributed by atoms with Crippen molar-refractivity contribution in [2.24, 2.45) is 23.7 Å². The van der Waals surface area contributed by atoms with E-state index < -0.39 is 0 Å². The van der Waals surface area contributed by atoms with E-state index >= 15 is 0 Å². The van der Waals surface area contributed by atoms with Crippen LogP contribution >= 0.6 is 0 Å². The van der Waals surface area contributed by atoms with E-state index in [4.69, 9.17) is 0 Å². The normalized spacial score (nSPS) is 44.5. The van der Waals surface area contributed by atoms with Crippen LogP contribution in [0.4, 0.5) is 0 Å². The first kappa shape index (κ1) is 53.4. The summed E-state index contributed by atoms with van der Waals surface area (Å²) < 4.78 is 0.